The molecule has 0 saturated carbocycles. The minimum Gasteiger partial charge on any atom is -0.481 e. The normalized spacial score (nSPS) is 15.9. The first-order valence-corrected chi connectivity index (χ1v) is 13.1. The number of guanidine groups is 1. The Morgan fingerprint density at radius 1 is 1.10 bits per heavy atom. The molecule has 1 heterocycles. The molecule has 0 bridgehead atoms. The number of likely N-dealkylation sites (N-methyl/N-ethyl adjacent to an activating group) is 1. The summed E-state index contributed by atoms with van der Waals surface area (Å²) in [5, 5.41) is 12.5. The number of carbonyl (C=O) groups excluding carboxylic acids is 3. The highest BCUT2D eigenvalue weighted by molar-refractivity contribution is 6.06. The molecule has 0 saturated heterocycles. The third-order valence-corrected chi connectivity index (χ3v) is 6.62. The minimum atomic E-state index is -1.12. The maximum atomic E-state index is 13.7. The monoisotopic (exact) mass is 548 g/mol. The standard InChI is InChI=1S/C29H36N6O5/c1-32-24(13-8-15-33-29(30)31)28(40)35(26(38)21-9-4-2-5-10-21)19-20-14-16-34(23-11-6-3-7-12-23)27(39)22(17-20)18-25(36)37/h2-7,9-12,17,22,24,32H,8,13-16,18-19H2,1H3,(H,36,37)(H4,30,31,33)/t22?,24-/m0/s1. The molecule has 0 radical (unpaired) electrons. The van der Waals surface area contributed by atoms with E-state index >= 15 is 0 Å². The lowest BCUT2D eigenvalue weighted by Gasteiger charge is -2.27. The number of aliphatic imine (C=N–C) groups is 1. The molecule has 2 atom stereocenters. The van der Waals surface area contributed by atoms with Crippen molar-refractivity contribution in [1.82, 2.24) is 10.2 Å². The molecule has 0 spiro atoms. The number of benzene rings is 2. The van der Waals surface area contributed by atoms with Crippen molar-refractivity contribution >= 4 is 35.3 Å². The number of amides is 3. The van der Waals surface area contributed by atoms with Gasteiger partial charge in [-0.05, 0) is 50.6 Å². The van der Waals surface area contributed by atoms with Gasteiger partial charge in [0.15, 0.2) is 5.96 Å². The number of aliphatic carboxylic acids is 1. The van der Waals surface area contributed by atoms with Crippen molar-refractivity contribution in [3.05, 3.63) is 77.9 Å². The van der Waals surface area contributed by atoms with Crippen molar-refractivity contribution < 1.29 is 24.3 Å². The molecule has 1 unspecified atom stereocenters. The number of nitrogens with two attached hydrogens (primary N) is 2. The van der Waals surface area contributed by atoms with E-state index in [9.17, 15) is 24.3 Å². The number of nitrogens with zero attached hydrogens (tertiary/aromatic N) is 3. The molecule has 1 aliphatic heterocycles. The predicted octanol–water partition coefficient (Wildman–Crippen LogP) is 1.75. The van der Waals surface area contributed by atoms with Crippen molar-refractivity contribution in [2.45, 2.75) is 31.7 Å². The average molecular weight is 549 g/mol. The van der Waals surface area contributed by atoms with Gasteiger partial charge in [-0.25, -0.2) is 0 Å². The van der Waals surface area contributed by atoms with Gasteiger partial charge in [0.25, 0.3) is 5.91 Å². The van der Waals surface area contributed by atoms with Crippen molar-refractivity contribution in [3.8, 4) is 0 Å². The number of carbonyl (C=O) groups is 4. The molecule has 3 amide bonds. The minimum absolute atomic E-state index is 0.0384. The molecule has 0 aliphatic carbocycles. The van der Waals surface area contributed by atoms with E-state index in [1.165, 1.54) is 4.90 Å². The zero-order valence-corrected chi connectivity index (χ0v) is 22.5. The molecule has 40 heavy (non-hydrogen) atoms. The van der Waals surface area contributed by atoms with Crippen LogP contribution in [0.1, 0.15) is 36.0 Å². The molecule has 2 aromatic carbocycles. The summed E-state index contributed by atoms with van der Waals surface area (Å²) in [5.41, 5.74) is 12.4. The Bertz CT molecular complexity index is 1240. The van der Waals surface area contributed by atoms with Crippen molar-refractivity contribution in [2.75, 3.05) is 31.6 Å². The molecule has 6 N–H and O–H groups in total. The Kier molecular flexibility index (Phi) is 11.0. The maximum absolute atomic E-state index is 13.7. The Morgan fingerprint density at radius 2 is 1.75 bits per heavy atom. The van der Waals surface area contributed by atoms with Gasteiger partial charge in [0.1, 0.15) is 0 Å². The van der Waals surface area contributed by atoms with Crippen LogP contribution in [0.4, 0.5) is 5.69 Å². The van der Waals surface area contributed by atoms with Crippen LogP contribution >= 0.6 is 0 Å². The van der Waals surface area contributed by atoms with Crippen LogP contribution in [-0.4, -0.2) is 72.4 Å². The lowest BCUT2D eigenvalue weighted by Crippen LogP contribution is -2.49. The van der Waals surface area contributed by atoms with E-state index < -0.39 is 36.2 Å². The number of rotatable bonds is 12. The SMILES string of the molecule is CN[C@@H](CCCN=C(N)N)C(=O)N(CC1=CC(CC(=O)O)C(=O)N(c2ccccc2)CC1)C(=O)c1ccccc1. The van der Waals surface area contributed by atoms with Crippen LogP contribution < -0.4 is 21.7 Å². The van der Waals surface area contributed by atoms with Gasteiger partial charge in [0.2, 0.25) is 11.8 Å². The van der Waals surface area contributed by atoms with Gasteiger partial charge in [-0.15, -0.1) is 0 Å². The van der Waals surface area contributed by atoms with E-state index in [0.717, 1.165) is 0 Å². The Balaban J connectivity index is 1.91. The van der Waals surface area contributed by atoms with Gasteiger partial charge in [-0.1, -0.05) is 48.0 Å². The lowest BCUT2D eigenvalue weighted by molar-refractivity contribution is -0.139. The molecule has 11 nitrogen and oxygen atoms in total. The Labute approximate surface area is 233 Å². The van der Waals surface area contributed by atoms with Crippen LogP contribution in [0.5, 0.6) is 0 Å². The zero-order chi connectivity index (χ0) is 29.1. The molecule has 3 rings (SSSR count). The number of hydrogen-bond acceptors (Lipinski definition) is 6. The highest BCUT2D eigenvalue weighted by Crippen LogP contribution is 2.26. The predicted molar refractivity (Wildman–Crippen MR) is 152 cm³/mol. The second kappa shape index (κ2) is 14.6. The van der Waals surface area contributed by atoms with E-state index in [1.54, 1.807) is 72.6 Å². The number of imide groups is 1. The van der Waals surface area contributed by atoms with Crippen molar-refractivity contribution in [3.63, 3.8) is 0 Å². The van der Waals surface area contributed by atoms with Crippen LogP contribution in [0.25, 0.3) is 0 Å². The van der Waals surface area contributed by atoms with Crippen LogP contribution in [0.3, 0.4) is 0 Å². The molecular weight excluding hydrogens is 512 g/mol. The number of carboxylic acids is 1. The third kappa shape index (κ3) is 8.24. The molecule has 212 valence electrons. The lowest BCUT2D eigenvalue weighted by atomic mass is 10.00. The Morgan fingerprint density at radius 3 is 2.35 bits per heavy atom. The van der Waals surface area contributed by atoms with Crippen LogP contribution in [-0.2, 0) is 14.4 Å². The summed E-state index contributed by atoms with van der Waals surface area (Å²) in [7, 11) is 1.64. The van der Waals surface area contributed by atoms with E-state index in [1.807, 2.05) is 6.07 Å². The van der Waals surface area contributed by atoms with Gasteiger partial charge in [0, 0.05) is 24.3 Å². The smallest absolute Gasteiger partial charge is 0.304 e. The largest absolute Gasteiger partial charge is 0.481 e. The Hall–Kier alpha value is -4.51. The van der Waals surface area contributed by atoms with E-state index in [-0.39, 0.29) is 25.0 Å². The van der Waals surface area contributed by atoms with E-state index in [4.69, 9.17) is 11.5 Å². The highest BCUT2D eigenvalue weighted by atomic mass is 16.4. The van der Waals surface area contributed by atoms with Gasteiger partial charge < -0.3 is 26.8 Å². The summed E-state index contributed by atoms with van der Waals surface area (Å²) in [5.74, 6) is -3.37. The molecular formula is C29H36N6O5. The number of carboxylic acid groups (broad SMARTS) is 1. The second-order valence-corrected chi connectivity index (χ2v) is 9.49. The number of hydrogen-bond donors (Lipinski definition) is 4. The van der Waals surface area contributed by atoms with E-state index in [2.05, 4.69) is 10.3 Å². The molecule has 11 heteroatoms. The maximum Gasteiger partial charge on any atom is 0.304 e. The van der Waals surface area contributed by atoms with E-state index in [0.29, 0.717) is 42.6 Å². The summed E-state index contributed by atoms with van der Waals surface area (Å²) < 4.78 is 0. The highest BCUT2D eigenvalue weighted by Gasteiger charge is 2.33. The first-order valence-electron chi connectivity index (χ1n) is 13.1. The van der Waals surface area contributed by atoms with Gasteiger partial charge in [-0.3, -0.25) is 29.1 Å². The topological polar surface area (TPSA) is 171 Å². The second-order valence-electron chi connectivity index (χ2n) is 9.49. The first-order chi connectivity index (χ1) is 19.2. The average Bonchev–Trinajstić information content (AvgIpc) is 3.09. The van der Waals surface area contributed by atoms with Gasteiger partial charge >= 0.3 is 5.97 Å². The summed E-state index contributed by atoms with van der Waals surface area (Å²) >= 11 is 0. The molecule has 0 fully saturated rings. The number of para-hydroxylation sites is 1. The zero-order valence-electron chi connectivity index (χ0n) is 22.5. The fraction of sp³-hybridized carbons (Fsp3) is 0.345. The number of nitrogens with one attached hydrogen (secondary N) is 1. The molecule has 1 aliphatic rings. The summed E-state index contributed by atoms with van der Waals surface area (Å²) in [6.07, 6.45) is 2.44. The van der Waals surface area contributed by atoms with Crippen molar-refractivity contribution in [2.24, 2.45) is 22.4 Å². The number of anilines is 1. The summed E-state index contributed by atoms with van der Waals surface area (Å²) in [4.78, 5) is 59.1. The quantitative estimate of drug-likeness (QED) is 0.134. The fourth-order valence-corrected chi connectivity index (χ4v) is 4.61. The fourth-order valence-electron chi connectivity index (χ4n) is 4.61. The van der Waals surface area contributed by atoms with Crippen LogP contribution in [0, 0.1) is 5.92 Å². The molecule has 2 aromatic rings. The third-order valence-electron chi connectivity index (χ3n) is 6.62. The van der Waals surface area contributed by atoms with Crippen molar-refractivity contribution in [1.29, 1.82) is 0 Å². The van der Waals surface area contributed by atoms with Crippen LogP contribution in [0.15, 0.2) is 77.3 Å². The van der Waals surface area contributed by atoms with Gasteiger partial charge in [0.05, 0.1) is 24.9 Å². The molecule has 0 aromatic heterocycles. The van der Waals surface area contributed by atoms with Crippen LogP contribution in [0.2, 0.25) is 0 Å². The summed E-state index contributed by atoms with van der Waals surface area (Å²) in [6, 6.07) is 16.8. The first kappa shape index (κ1) is 30.0. The summed E-state index contributed by atoms with van der Waals surface area (Å²) in [6.45, 7) is 0.533. The van der Waals surface area contributed by atoms with Gasteiger partial charge in [-0.2, -0.15) is 0 Å².